The number of carboxylic acids is 1. The van der Waals surface area contributed by atoms with Gasteiger partial charge < -0.3 is 39.0 Å². The highest BCUT2D eigenvalue weighted by Crippen LogP contribution is 2.27. The lowest BCUT2D eigenvalue weighted by molar-refractivity contribution is -0.301. The van der Waals surface area contributed by atoms with Gasteiger partial charge in [0.15, 0.2) is 24.6 Å². The second kappa shape index (κ2) is 55.0. The lowest BCUT2D eigenvalue weighted by Gasteiger charge is -2.40. The van der Waals surface area contributed by atoms with Crippen molar-refractivity contribution < 1.29 is 58.2 Å². The molecular formula is C67H116O12. The summed E-state index contributed by atoms with van der Waals surface area (Å²) in [5, 5.41) is 31.6. The predicted octanol–water partition coefficient (Wildman–Crippen LogP) is 17.1. The second-order valence-corrected chi connectivity index (χ2v) is 22.0. The van der Waals surface area contributed by atoms with Gasteiger partial charge in [-0.25, -0.2) is 4.79 Å². The first-order valence-electron chi connectivity index (χ1n) is 32.3. The summed E-state index contributed by atoms with van der Waals surface area (Å²) in [6.45, 7) is 5.87. The topological polar surface area (TPSA) is 175 Å². The molecule has 6 unspecified atom stereocenters. The Morgan fingerprint density at radius 1 is 0.430 bits per heavy atom. The fourth-order valence-corrected chi connectivity index (χ4v) is 9.65. The molecule has 1 saturated heterocycles. The molecule has 79 heavy (non-hydrogen) atoms. The first kappa shape index (κ1) is 73.4. The molecule has 1 aliphatic heterocycles. The number of aliphatic carboxylic acids is 1. The fourth-order valence-electron chi connectivity index (χ4n) is 9.65. The van der Waals surface area contributed by atoms with Crippen LogP contribution in [0.4, 0.5) is 0 Å². The molecule has 0 radical (unpaired) electrons. The summed E-state index contributed by atoms with van der Waals surface area (Å²) >= 11 is 0. The minimum absolute atomic E-state index is 0.0588. The van der Waals surface area contributed by atoms with Gasteiger partial charge in [-0.05, 0) is 83.5 Å². The van der Waals surface area contributed by atoms with Crippen molar-refractivity contribution in [3.63, 3.8) is 0 Å². The summed E-state index contributed by atoms with van der Waals surface area (Å²) in [5.41, 5.74) is 0. The maximum Gasteiger partial charge on any atom is 0.335 e. The number of hydrogen-bond donors (Lipinski definition) is 3. The molecule has 456 valence electrons. The summed E-state index contributed by atoms with van der Waals surface area (Å²) in [6, 6.07) is 0. The van der Waals surface area contributed by atoms with Gasteiger partial charge in [0.2, 0.25) is 0 Å². The number of carbonyl (C=O) groups is 4. The van der Waals surface area contributed by atoms with Crippen LogP contribution in [-0.4, -0.2) is 89.2 Å². The average Bonchev–Trinajstić information content (AvgIpc) is 3.46. The quantitative estimate of drug-likeness (QED) is 0.0228. The zero-order valence-corrected chi connectivity index (χ0v) is 50.4. The van der Waals surface area contributed by atoms with E-state index in [1.54, 1.807) is 0 Å². The highest BCUT2D eigenvalue weighted by atomic mass is 16.7. The summed E-state index contributed by atoms with van der Waals surface area (Å²) < 4.78 is 28.5. The smallest absolute Gasteiger partial charge is 0.335 e. The number of carbonyl (C=O) groups excluding carboxylic acids is 3. The average molecular weight is 1110 g/mol. The van der Waals surface area contributed by atoms with Gasteiger partial charge in [0.05, 0.1) is 6.61 Å². The van der Waals surface area contributed by atoms with E-state index in [-0.39, 0.29) is 25.9 Å². The Hall–Kier alpha value is -3.58. The summed E-state index contributed by atoms with van der Waals surface area (Å²) in [6.07, 6.45) is 56.2. The largest absolute Gasteiger partial charge is 0.479 e. The molecule has 0 aromatic carbocycles. The van der Waals surface area contributed by atoms with E-state index in [4.69, 9.17) is 23.7 Å². The van der Waals surface area contributed by atoms with Crippen LogP contribution in [0.1, 0.15) is 290 Å². The Kier molecular flexibility index (Phi) is 51.1. The number of esters is 3. The number of carboxylic acid groups (broad SMARTS) is 1. The number of rotatable bonds is 55. The van der Waals surface area contributed by atoms with E-state index in [1.165, 1.54) is 128 Å². The number of ether oxygens (including phenoxy) is 5. The van der Waals surface area contributed by atoms with Gasteiger partial charge in [0.25, 0.3) is 0 Å². The molecule has 3 N–H and O–H groups in total. The van der Waals surface area contributed by atoms with E-state index >= 15 is 0 Å². The zero-order chi connectivity index (χ0) is 57.5. The Morgan fingerprint density at radius 3 is 1.25 bits per heavy atom. The molecule has 0 bridgehead atoms. The van der Waals surface area contributed by atoms with E-state index in [0.29, 0.717) is 19.3 Å². The van der Waals surface area contributed by atoms with Gasteiger partial charge in [-0.15, -0.1) is 0 Å². The van der Waals surface area contributed by atoms with Crippen molar-refractivity contribution in [1.82, 2.24) is 0 Å². The third-order valence-electron chi connectivity index (χ3n) is 14.6. The van der Waals surface area contributed by atoms with Crippen molar-refractivity contribution in [2.24, 2.45) is 0 Å². The van der Waals surface area contributed by atoms with Crippen LogP contribution in [0.5, 0.6) is 0 Å². The summed E-state index contributed by atoms with van der Waals surface area (Å²) in [5.74, 6) is -3.17. The number of aliphatic hydroxyl groups excluding tert-OH is 2. The van der Waals surface area contributed by atoms with Crippen molar-refractivity contribution in [2.75, 3.05) is 13.2 Å². The molecule has 1 aliphatic rings. The highest BCUT2D eigenvalue weighted by molar-refractivity contribution is 5.74. The van der Waals surface area contributed by atoms with Gasteiger partial charge in [-0.1, -0.05) is 248 Å². The standard InChI is InChI=1S/C67H116O12/c1-4-7-10-13-16-19-22-25-28-29-30-31-34-37-40-43-46-49-52-55-61(70)78-65-63(72)62(71)64(66(73)74)79-67(65)76-57-58(77-60(69)54-51-48-45-42-39-36-33-27-24-21-18-15-12-9-6-3)56-75-59(68)53-50-47-44-41-38-35-32-26-23-20-17-14-11-8-5-2/h8,11,17,20,26-27,32-33,38,41,58,62-65,67,71-72H,4-7,9-10,12-16,18-19,21-25,28-31,34-37,39-40,42-57H2,1-3H3,(H,73,74)/b11-8-,20-17-,32-26-,33-27-,41-38-. The molecule has 1 fully saturated rings. The Morgan fingerprint density at radius 2 is 0.797 bits per heavy atom. The SMILES string of the molecule is CC/C=C\C/C=C\C/C=C\C/C=C\CCCCC(=O)OCC(COC1OC(C(=O)O)C(O)C(O)C1OC(=O)CCCCCCCCCCCCCCCCCCCCC)OC(=O)CCCCCCC/C=C\CCCCCCCC. The van der Waals surface area contributed by atoms with Gasteiger partial charge in [-0.3, -0.25) is 14.4 Å². The molecule has 12 nitrogen and oxygen atoms in total. The number of unbranched alkanes of at least 4 members (excludes halogenated alkanes) is 31. The van der Waals surface area contributed by atoms with Crippen LogP contribution in [0.3, 0.4) is 0 Å². The first-order valence-corrected chi connectivity index (χ1v) is 32.3. The van der Waals surface area contributed by atoms with E-state index in [9.17, 15) is 34.5 Å². The molecule has 0 amide bonds. The molecule has 1 rings (SSSR count). The van der Waals surface area contributed by atoms with Crippen molar-refractivity contribution in [2.45, 2.75) is 327 Å². The minimum Gasteiger partial charge on any atom is -0.479 e. The van der Waals surface area contributed by atoms with Crippen molar-refractivity contribution in [3.05, 3.63) is 60.8 Å². The molecule has 0 aromatic heterocycles. The molecule has 0 spiro atoms. The van der Waals surface area contributed by atoms with Crippen molar-refractivity contribution >= 4 is 23.9 Å². The molecule has 12 heteroatoms. The van der Waals surface area contributed by atoms with Crippen LogP contribution in [0.15, 0.2) is 60.8 Å². The van der Waals surface area contributed by atoms with E-state index in [1.807, 2.05) is 0 Å². The Balaban J connectivity index is 2.67. The second-order valence-electron chi connectivity index (χ2n) is 22.0. The lowest BCUT2D eigenvalue weighted by Crippen LogP contribution is -2.61. The van der Waals surface area contributed by atoms with Gasteiger partial charge in [0, 0.05) is 19.3 Å². The van der Waals surface area contributed by atoms with Crippen LogP contribution in [-0.2, 0) is 42.9 Å². The Labute approximate surface area is 481 Å². The molecule has 0 saturated carbocycles. The summed E-state index contributed by atoms with van der Waals surface area (Å²) in [7, 11) is 0. The molecule has 0 aliphatic carbocycles. The number of aliphatic hydroxyl groups is 2. The zero-order valence-electron chi connectivity index (χ0n) is 50.4. The van der Waals surface area contributed by atoms with Crippen LogP contribution < -0.4 is 0 Å². The van der Waals surface area contributed by atoms with Crippen LogP contribution in [0.2, 0.25) is 0 Å². The predicted molar refractivity (Wildman–Crippen MR) is 322 cm³/mol. The monoisotopic (exact) mass is 1110 g/mol. The fraction of sp³-hybridized carbons (Fsp3) is 0.791. The van der Waals surface area contributed by atoms with Crippen molar-refractivity contribution in [3.8, 4) is 0 Å². The minimum atomic E-state index is -1.91. The van der Waals surface area contributed by atoms with Gasteiger partial charge in [0.1, 0.15) is 18.8 Å². The van der Waals surface area contributed by atoms with Crippen molar-refractivity contribution in [1.29, 1.82) is 0 Å². The van der Waals surface area contributed by atoms with Crippen LogP contribution >= 0.6 is 0 Å². The first-order chi connectivity index (χ1) is 38.6. The third kappa shape index (κ3) is 44.7. The lowest BCUT2D eigenvalue weighted by atomic mass is 9.98. The van der Waals surface area contributed by atoms with E-state index < -0.39 is 67.3 Å². The molecule has 0 aromatic rings. The van der Waals surface area contributed by atoms with Gasteiger partial charge >= 0.3 is 23.9 Å². The Bertz CT molecular complexity index is 1600. The maximum atomic E-state index is 13.2. The summed E-state index contributed by atoms with van der Waals surface area (Å²) in [4.78, 5) is 51.3. The van der Waals surface area contributed by atoms with E-state index in [0.717, 1.165) is 103 Å². The maximum absolute atomic E-state index is 13.2. The third-order valence-corrected chi connectivity index (χ3v) is 14.6. The normalized spacial score (nSPS) is 18.2. The number of hydrogen-bond acceptors (Lipinski definition) is 11. The van der Waals surface area contributed by atoms with Gasteiger partial charge in [-0.2, -0.15) is 0 Å². The van der Waals surface area contributed by atoms with Crippen LogP contribution in [0.25, 0.3) is 0 Å². The molecule has 6 atom stereocenters. The van der Waals surface area contributed by atoms with E-state index in [2.05, 4.69) is 81.5 Å². The molecule has 1 heterocycles. The molecular weight excluding hydrogens is 997 g/mol. The van der Waals surface area contributed by atoms with Crippen LogP contribution in [0, 0.1) is 0 Å². The number of allylic oxidation sites excluding steroid dienone is 10. The highest BCUT2D eigenvalue weighted by Gasteiger charge is 2.50.